The number of nitrogens with two attached hydrogens (primary N) is 1. The Kier molecular flexibility index (Phi) is 2.83. The lowest BCUT2D eigenvalue weighted by atomic mass is 10.2. The molecule has 0 saturated heterocycles. The average molecular weight is 271 g/mol. The summed E-state index contributed by atoms with van der Waals surface area (Å²) in [5.74, 6) is 1.26. The first-order valence-corrected chi connectivity index (χ1v) is 6.71. The van der Waals surface area contributed by atoms with Gasteiger partial charge in [0.2, 0.25) is 5.88 Å². The van der Waals surface area contributed by atoms with Crippen LogP contribution in [-0.2, 0) is 0 Å². The van der Waals surface area contributed by atoms with E-state index in [-0.39, 0.29) is 0 Å². The first kappa shape index (κ1) is 11.9. The standard InChI is InChI=1S/C14H13N3OS/c1-8-9(2)19-14-12(8)13(16-7-17-14)18-11-5-3-4-10(15)6-11/h3-7H,15H2,1-2H3. The smallest absolute Gasteiger partial charge is 0.231 e. The normalized spacial score (nSPS) is 10.8. The van der Waals surface area contributed by atoms with Gasteiger partial charge in [-0.3, -0.25) is 0 Å². The molecule has 2 heterocycles. The van der Waals surface area contributed by atoms with Crippen LogP contribution in [0.25, 0.3) is 10.2 Å². The molecular weight excluding hydrogens is 258 g/mol. The number of benzene rings is 1. The van der Waals surface area contributed by atoms with E-state index in [1.54, 1.807) is 17.4 Å². The summed E-state index contributed by atoms with van der Waals surface area (Å²) in [5.41, 5.74) is 7.58. The van der Waals surface area contributed by atoms with Gasteiger partial charge in [-0.05, 0) is 31.5 Å². The van der Waals surface area contributed by atoms with Crippen molar-refractivity contribution in [2.24, 2.45) is 0 Å². The highest BCUT2D eigenvalue weighted by atomic mass is 32.1. The van der Waals surface area contributed by atoms with E-state index >= 15 is 0 Å². The Morgan fingerprint density at radius 3 is 2.84 bits per heavy atom. The van der Waals surface area contributed by atoms with Crippen molar-refractivity contribution in [2.45, 2.75) is 13.8 Å². The molecule has 0 aliphatic carbocycles. The van der Waals surface area contributed by atoms with Crippen LogP contribution < -0.4 is 10.5 Å². The van der Waals surface area contributed by atoms with Gasteiger partial charge in [0.25, 0.3) is 0 Å². The average Bonchev–Trinajstić information content (AvgIpc) is 2.66. The van der Waals surface area contributed by atoms with Crippen LogP contribution in [0, 0.1) is 13.8 Å². The van der Waals surface area contributed by atoms with Gasteiger partial charge < -0.3 is 10.5 Å². The number of ether oxygens (including phenoxy) is 1. The van der Waals surface area contributed by atoms with Gasteiger partial charge in [0.1, 0.15) is 16.9 Å². The van der Waals surface area contributed by atoms with Gasteiger partial charge >= 0.3 is 0 Å². The second kappa shape index (κ2) is 4.51. The highest BCUT2D eigenvalue weighted by Gasteiger charge is 2.13. The molecule has 0 atom stereocenters. The van der Waals surface area contributed by atoms with Crippen LogP contribution in [0.4, 0.5) is 5.69 Å². The third-order valence-electron chi connectivity index (χ3n) is 3.00. The largest absolute Gasteiger partial charge is 0.438 e. The molecule has 0 saturated carbocycles. The lowest BCUT2D eigenvalue weighted by Crippen LogP contribution is -1.92. The van der Waals surface area contributed by atoms with Crippen molar-refractivity contribution in [2.75, 3.05) is 5.73 Å². The maximum absolute atomic E-state index is 5.84. The molecular formula is C14H13N3OS. The lowest BCUT2D eigenvalue weighted by Gasteiger charge is -2.06. The van der Waals surface area contributed by atoms with E-state index in [9.17, 15) is 0 Å². The maximum atomic E-state index is 5.84. The van der Waals surface area contributed by atoms with Crippen LogP contribution in [0.3, 0.4) is 0 Å². The zero-order chi connectivity index (χ0) is 13.4. The second-order valence-corrected chi connectivity index (χ2v) is 5.52. The number of nitrogen functional groups attached to an aromatic ring is 1. The third kappa shape index (κ3) is 2.13. The number of rotatable bonds is 2. The fraction of sp³-hybridized carbons (Fsp3) is 0.143. The Morgan fingerprint density at radius 1 is 1.21 bits per heavy atom. The molecule has 0 radical (unpaired) electrons. The molecule has 0 unspecified atom stereocenters. The summed E-state index contributed by atoms with van der Waals surface area (Å²) < 4.78 is 5.84. The molecule has 0 spiro atoms. The molecule has 3 aromatic rings. The Balaban J connectivity index is 2.10. The minimum absolute atomic E-state index is 0.581. The number of hydrogen-bond acceptors (Lipinski definition) is 5. The number of anilines is 1. The molecule has 0 aliphatic rings. The SMILES string of the molecule is Cc1sc2ncnc(Oc3cccc(N)c3)c2c1C. The molecule has 0 amide bonds. The van der Waals surface area contributed by atoms with Gasteiger partial charge in [0.15, 0.2) is 0 Å². The molecule has 5 heteroatoms. The van der Waals surface area contributed by atoms with Crippen LogP contribution in [0.1, 0.15) is 10.4 Å². The van der Waals surface area contributed by atoms with Crippen molar-refractivity contribution in [1.82, 2.24) is 9.97 Å². The van der Waals surface area contributed by atoms with Crippen molar-refractivity contribution in [1.29, 1.82) is 0 Å². The zero-order valence-corrected chi connectivity index (χ0v) is 11.5. The topological polar surface area (TPSA) is 61.0 Å². The molecule has 3 rings (SSSR count). The molecule has 4 nitrogen and oxygen atoms in total. The van der Waals surface area contributed by atoms with Gasteiger partial charge in [0, 0.05) is 16.6 Å². The van der Waals surface area contributed by atoms with E-state index in [0.29, 0.717) is 17.3 Å². The van der Waals surface area contributed by atoms with Gasteiger partial charge in [0.05, 0.1) is 5.39 Å². The minimum Gasteiger partial charge on any atom is -0.438 e. The number of thiophene rings is 1. The summed E-state index contributed by atoms with van der Waals surface area (Å²) in [6.45, 7) is 4.13. The van der Waals surface area contributed by atoms with Gasteiger partial charge in [-0.15, -0.1) is 11.3 Å². The van der Waals surface area contributed by atoms with Crippen LogP contribution in [0.2, 0.25) is 0 Å². The number of aromatic nitrogens is 2. The van der Waals surface area contributed by atoms with Crippen LogP contribution in [0.15, 0.2) is 30.6 Å². The van der Waals surface area contributed by atoms with E-state index in [1.165, 1.54) is 16.8 Å². The Morgan fingerprint density at radius 2 is 2.05 bits per heavy atom. The number of hydrogen-bond donors (Lipinski definition) is 1. The molecule has 1 aromatic carbocycles. The molecule has 2 N–H and O–H groups in total. The number of nitrogens with zero attached hydrogens (tertiary/aromatic N) is 2. The highest BCUT2D eigenvalue weighted by molar-refractivity contribution is 7.18. The number of aryl methyl sites for hydroxylation is 2. The van der Waals surface area contributed by atoms with E-state index in [2.05, 4.69) is 23.8 Å². The van der Waals surface area contributed by atoms with Gasteiger partial charge in [-0.25, -0.2) is 9.97 Å². The summed E-state index contributed by atoms with van der Waals surface area (Å²) in [7, 11) is 0. The van der Waals surface area contributed by atoms with Crippen molar-refractivity contribution in [3.63, 3.8) is 0 Å². The number of fused-ring (bicyclic) bond motifs is 1. The minimum atomic E-state index is 0.581. The van der Waals surface area contributed by atoms with E-state index in [4.69, 9.17) is 10.5 Å². The monoisotopic (exact) mass is 271 g/mol. The van der Waals surface area contributed by atoms with Gasteiger partial charge in [-0.2, -0.15) is 0 Å². The van der Waals surface area contributed by atoms with Crippen molar-refractivity contribution >= 4 is 27.2 Å². The van der Waals surface area contributed by atoms with E-state index in [0.717, 1.165) is 10.2 Å². The van der Waals surface area contributed by atoms with Crippen molar-refractivity contribution < 1.29 is 4.74 Å². The predicted octanol–water partition coefficient (Wildman–Crippen LogP) is 3.68. The van der Waals surface area contributed by atoms with Crippen LogP contribution >= 0.6 is 11.3 Å². The summed E-state index contributed by atoms with van der Waals surface area (Å²) in [6.07, 6.45) is 1.53. The fourth-order valence-corrected chi connectivity index (χ4v) is 2.90. The molecule has 2 aromatic heterocycles. The Hall–Kier alpha value is -2.14. The van der Waals surface area contributed by atoms with Crippen LogP contribution in [-0.4, -0.2) is 9.97 Å². The molecule has 0 fully saturated rings. The van der Waals surface area contributed by atoms with E-state index < -0.39 is 0 Å². The van der Waals surface area contributed by atoms with E-state index in [1.807, 2.05) is 18.2 Å². The highest BCUT2D eigenvalue weighted by Crippen LogP contribution is 2.35. The first-order chi connectivity index (χ1) is 9.15. The summed E-state index contributed by atoms with van der Waals surface area (Å²) in [4.78, 5) is 10.7. The molecule has 19 heavy (non-hydrogen) atoms. The summed E-state index contributed by atoms with van der Waals surface area (Å²) >= 11 is 1.65. The maximum Gasteiger partial charge on any atom is 0.231 e. The first-order valence-electron chi connectivity index (χ1n) is 5.89. The van der Waals surface area contributed by atoms with Crippen LogP contribution in [0.5, 0.6) is 11.6 Å². The molecule has 0 aliphatic heterocycles. The van der Waals surface area contributed by atoms with Gasteiger partial charge in [-0.1, -0.05) is 6.07 Å². The van der Waals surface area contributed by atoms with Crippen molar-refractivity contribution in [3.05, 3.63) is 41.0 Å². The second-order valence-electron chi connectivity index (χ2n) is 4.32. The zero-order valence-electron chi connectivity index (χ0n) is 10.7. The lowest BCUT2D eigenvalue weighted by molar-refractivity contribution is 0.468. The summed E-state index contributed by atoms with van der Waals surface area (Å²) in [5, 5.41) is 0.979. The Bertz CT molecular complexity index is 752. The predicted molar refractivity (Wildman–Crippen MR) is 77.8 cm³/mol. The summed E-state index contributed by atoms with van der Waals surface area (Å²) in [6, 6.07) is 7.32. The third-order valence-corrected chi connectivity index (χ3v) is 4.12. The fourth-order valence-electron chi connectivity index (χ4n) is 1.92. The molecule has 0 bridgehead atoms. The van der Waals surface area contributed by atoms with Crippen molar-refractivity contribution in [3.8, 4) is 11.6 Å². The quantitative estimate of drug-likeness (QED) is 0.722. The molecule has 96 valence electrons. The Labute approximate surface area is 114 Å².